The first kappa shape index (κ1) is 16.9. The Morgan fingerprint density at radius 3 is 2.56 bits per heavy atom. The predicted molar refractivity (Wildman–Crippen MR) is 93.6 cm³/mol. The number of amides is 3. The summed E-state index contributed by atoms with van der Waals surface area (Å²) in [6.45, 7) is 0. The van der Waals surface area contributed by atoms with Gasteiger partial charge < -0.3 is 5.32 Å². The third-order valence-electron chi connectivity index (χ3n) is 3.43. The van der Waals surface area contributed by atoms with E-state index in [-0.39, 0.29) is 22.0 Å². The minimum absolute atomic E-state index is 0.0487. The molecule has 2 aromatic rings. The number of benzene rings is 2. The Kier molecular flexibility index (Phi) is 4.43. The molecule has 2 aromatic carbocycles. The lowest BCUT2D eigenvalue weighted by Crippen LogP contribution is -2.30. The van der Waals surface area contributed by atoms with Gasteiger partial charge in [0.25, 0.3) is 11.6 Å². The van der Waals surface area contributed by atoms with Crippen molar-refractivity contribution < 1.29 is 14.5 Å². The van der Waals surface area contributed by atoms with Crippen molar-refractivity contribution in [2.45, 2.75) is 0 Å². The second-order valence-electron chi connectivity index (χ2n) is 5.07. The van der Waals surface area contributed by atoms with E-state index in [2.05, 4.69) is 5.32 Å². The molecule has 0 spiro atoms. The number of nitro benzene ring substituents is 1. The molecule has 126 valence electrons. The second-order valence-corrected chi connectivity index (χ2v) is 5.92. The average molecular weight is 378 g/mol. The van der Waals surface area contributed by atoms with Crippen molar-refractivity contribution in [1.82, 2.24) is 5.32 Å². The molecule has 1 heterocycles. The van der Waals surface area contributed by atoms with Gasteiger partial charge in [-0.05, 0) is 30.3 Å². The van der Waals surface area contributed by atoms with Crippen molar-refractivity contribution >= 4 is 52.6 Å². The molecule has 3 rings (SSSR count). The number of nitrogens with zero attached hydrogens (tertiary/aromatic N) is 2. The van der Waals surface area contributed by atoms with Crippen molar-refractivity contribution in [2.75, 3.05) is 4.90 Å². The lowest BCUT2D eigenvalue weighted by molar-refractivity contribution is -0.384. The molecule has 1 saturated heterocycles. The number of halogens is 2. The molecule has 1 aliphatic heterocycles. The molecule has 0 aromatic heterocycles. The lowest BCUT2D eigenvalue weighted by Gasteiger charge is -2.11. The summed E-state index contributed by atoms with van der Waals surface area (Å²) in [6.07, 6.45) is 1.29. The van der Waals surface area contributed by atoms with Gasteiger partial charge >= 0.3 is 6.03 Å². The maximum atomic E-state index is 12.5. The highest BCUT2D eigenvalue weighted by Crippen LogP contribution is 2.28. The highest BCUT2D eigenvalue weighted by molar-refractivity contribution is 6.33. The van der Waals surface area contributed by atoms with E-state index in [4.69, 9.17) is 23.2 Å². The van der Waals surface area contributed by atoms with E-state index in [0.29, 0.717) is 10.7 Å². The van der Waals surface area contributed by atoms with Gasteiger partial charge in [0.15, 0.2) is 0 Å². The number of imide groups is 1. The van der Waals surface area contributed by atoms with Crippen molar-refractivity contribution in [3.63, 3.8) is 0 Å². The Hall–Kier alpha value is -2.90. The Labute approximate surface area is 151 Å². The zero-order valence-electron chi connectivity index (χ0n) is 12.4. The topological polar surface area (TPSA) is 92.5 Å². The van der Waals surface area contributed by atoms with Crippen LogP contribution in [0.1, 0.15) is 5.56 Å². The second kappa shape index (κ2) is 6.54. The fourth-order valence-corrected chi connectivity index (χ4v) is 2.65. The predicted octanol–water partition coefficient (Wildman–Crippen LogP) is 4.00. The Morgan fingerprint density at radius 1 is 1.12 bits per heavy atom. The van der Waals surface area contributed by atoms with E-state index in [0.717, 1.165) is 4.90 Å². The van der Waals surface area contributed by atoms with Gasteiger partial charge in [-0.15, -0.1) is 0 Å². The number of carbonyl (C=O) groups excluding carboxylic acids is 2. The minimum atomic E-state index is -0.653. The molecule has 0 saturated carbocycles. The van der Waals surface area contributed by atoms with Gasteiger partial charge in [-0.25, -0.2) is 9.69 Å². The first-order valence-electron chi connectivity index (χ1n) is 6.93. The smallest absolute Gasteiger partial charge is 0.302 e. The maximum absolute atomic E-state index is 12.5. The van der Waals surface area contributed by atoms with Crippen LogP contribution in [0.5, 0.6) is 0 Å². The molecule has 0 bridgehead atoms. The van der Waals surface area contributed by atoms with Crippen LogP contribution in [0.2, 0.25) is 10.0 Å². The summed E-state index contributed by atoms with van der Waals surface area (Å²) >= 11 is 11.9. The summed E-state index contributed by atoms with van der Waals surface area (Å²) in [7, 11) is 0. The third kappa shape index (κ3) is 3.33. The molecule has 1 N–H and O–H groups in total. The van der Waals surface area contributed by atoms with Crippen molar-refractivity contribution in [1.29, 1.82) is 0 Å². The zero-order valence-corrected chi connectivity index (χ0v) is 13.9. The summed E-state index contributed by atoms with van der Waals surface area (Å²) in [5.74, 6) is -0.616. The largest absolute Gasteiger partial charge is 0.333 e. The quantitative estimate of drug-likeness (QED) is 0.378. The fraction of sp³-hybridized carbons (Fsp3) is 0. The summed E-state index contributed by atoms with van der Waals surface area (Å²) < 4.78 is 0. The van der Waals surface area contributed by atoms with E-state index in [9.17, 15) is 19.7 Å². The van der Waals surface area contributed by atoms with Crippen LogP contribution < -0.4 is 10.2 Å². The molecule has 0 unspecified atom stereocenters. The van der Waals surface area contributed by atoms with Crippen LogP contribution in [0.15, 0.2) is 48.2 Å². The third-order valence-corrected chi connectivity index (χ3v) is 4.01. The molecular formula is C16H9Cl2N3O4. The molecule has 3 amide bonds. The summed E-state index contributed by atoms with van der Waals surface area (Å²) in [5.41, 5.74) is 0.322. The number of nitro groups is 1. The van der Waals surface area contributed by atoms with E-state index in [1.807, 2.05) is 0 Å². The van der Waals surface area contributed by atoms with Crippen LogP contribution in [-0.2, 0) is 4.79 Å². The molecule has 0 aliphatic carbocycles. The number of hydrogen-bond acceptors (Lipinski definition) is 4. The molecule has 0 atom stereocenters. The zero-order chi connectivity index (χ0) is 18.1. The first-order valence-corrected chi connectivity index (χ1v) is 7.69. The minimum Gasteiger partial charge on any atom is -0.302 e. The average Bonchev–Trinajstić information content (AvgIpc) is 2.83. The number of hydrogen-bond donors (Lipinski definition) is 1. The molecule has 25 heavy (non-hydrogen) atoms. The van der Waals surface area contributed by atoms with E-state index in [1.165, 1.54) is 30.3 Å². The number of nitrogens with one attached hydrogen (secondary N) is 1. The van der Waals surface area contributed by atoms with Gasteiger partial charge in [-0.2, -0.15) is 0 Å². The highest BCUT2D eigenvalue weighted by atomic mass is 35.5. The summed E-state index contributed by atoms with van der Waals surface area (Å²) in [4.78, 5) is 35.9. The molecule has 9 heteroatoms. The molecule has 1 aliphatic rings. The molecule has 7 nitrogen and oxygen atoms in total. The first-order chi connectivity index (χ1) is 11.9. The van der Waals surface area contributed by atoms with Gasteiger partial charge in [0.05, 0.1) is 10.6 Å². The van der Waals surface area contributed by atoms with Gasteiger partial charge in [0.1, 0.15) is 5.70 Å². The molecule has 1 fully saturated rings. The monoisotopic (exact) mass is 377 g/mol. The maximum Gasteiger partial charge on any atom is 0.333 e. The van der Waals surface area contributed by atoms with Crippen molar-refractivity contribution in [3.8, 4) is 0 Å². The van der Waals surface area contributed by atoms with Crippen molar-refractivity contribution in [2.24, 2.45) is 0 Å². The Bertz CT molecular complexity index is 943. The number of non-ortho nitro benzene ring substituents is 1. The van der Waals surface area contributed by atoms with E-state index in [1.54, 1.807) is 18.2 Å². The number of rotatable bonds is 3. The number of urea groups is 1. The Balaban J connectivity index is 1.99. The lowest BCUT2D eigenvalue weighted by atomic mass is 10.1. The van der Waals surface area contributed by atoms with Crippen LogP contribution >= 0.6 is 23.2 Å². The molecule has 0 radical (unpaired) electrons. The summed E-state index contributed by atoms with van der Waals surface area (Å²) in [5, 5.41) is 13.9. The Morgan fingerprint density at radius 2 is 1.88 bits per heavy atom. The summed E-state index contributed by atoms with van der Waals surface area (Å²) in [6, 6.07) is 9.42. The van der Waals surface area contributed by atoms with Gasteiger partial charge in [-0.3, -0.25) is 14.9 Å². The normalized spacial score (nSPS) is 15.6. The van der Waals surface area contributed by atoms with Crippen LogP contribution in [0.25, 0.3) is 6.08 Å². The fourth-order valence-electron chi connectivity index (χ4n) is 2.30. The van der Waals surface area contributed by atoms with Crippen LogP contribution in [0.3, 0.4) is 0 Å². The van der Waals surface area contributed by atoms with Crippen LogP contribution in [0, 0.1) is 10.1 Å². The van der Waals surface area contributed by atoms with Gasteiger partial charge in [0, 0.05) is 27.7 Å². The SMILES string of the molecule is O=C1N/C(=C/c2cc([N+](=O)[O-])ccc2Cl)C(=O)N1c1cccc(Cl)c1. The standard InChI is InChI=1S/C16H9Cl2N3O4/c17-10-2-1-3-11(8-10)20-15(22)14(19-16(20)23)7-9-6-12(21(24)25)4-5-13(9)18/h1-8H,(H,19,23)/b14-7+. The van der Waals surface area contributed by atoms with E-state index < -0.39 is 16.9 Å². The molecular weight excluding hydrogens is 369 g/mol. The van der Waals surface area contributed by atoms with Gasteiger partial charge in [0.2, 0.25) is 0 Å². The van der Waals surface area contributed by atoms with Crippen molar-refractivity contribution in [3.05, 3.63) is 73.9 Å². The van der Waals surface area contributed by atoms with Gasteiger partial charge in [-0.1, -0.05) is 29.3 Å². The highest BCUT2D eigenvalue weighted by Gasteiger charge is 2.35. The van der Waals surface area contributed by atoms with Crippen LogP contribution in [0.4, 0.5) is 16.2 Å². The number of anilines is 1. The van der Waals surface area contributed by atoms with Crippen LogP contribution in [-0.4, -0.2) is 16.9 Å². The van der Waals surface area contributed by atoms with E-state index >= 15 is 0 Å². The number of carbonyl (C=O) groups is 2.